The van der Waals surface area contributed by atoms with Crippen LogP contribution in [0.4, 0.5) is 0 Å². The highest BCUT2D eigenvalue weighted by molar-refractivity contribution is 5.17. The van der Waals surface area contributed by atoms with E-state index in [4.69, 9.17) is 9.47 Å². The van der Waals surface area contributed by atoms with Gasteiger partial charge in [-0.05, 0) is 30.4 Å². The first-order valence-electron chi connectivity index (χ1n) is 9.51. The summed E-state index contributed by atoms with van der Waals surface area (Å²) in [7, 11) is 0. The molecule has 3 rings (SSSR count). The summed E-state index contributed by atoms with van der Waals surface area (Å²) in [6, 6.07) is 20.7. The van der Waals surface area contributed by atoms with Crippen molar-refractivity contribution in [3.05, 3.63) is 71.8 Å². The normalized spacial score (nSPS) is 18.8. The number of hydrogen-bond acceptors (Lipinski definition) is 4. The van der Waals surface area contributed by atoms with Gasteiger partial charge < -0.3 is 14.6 Å². The minimum absolute atomic E-state index is 0.0619. The summed E-state index contributed by atoms with van der Waals surface area (Å²) in [5.41, 5.74) is 2.46. The second-order valence-corrected chi connectivity index (χ2v) is 6.84. The molecule has 26 heavy (non-hydrogen) atoms. The molecule has 1 saturated heterocycles. The smallest absolute Gasteiger partial charge is 0.157 e. The van der Waals surface area contributed by atoms with E-state index < -0.39 is 0 Å². The molecule has 0 radical (unpaired) electrons. The van der Waals surface area contributed by atoms with Crippen molar-refractivity contribution in [2.45, 2.75) is 44.7 Å². The van der Waals surface area contributed by atoms with Crippen LogP contribution >= 0.6 is 0 Å². The van der Waals surface area contributed by atoms with Crippen LogP contribution < -0.4 is 0 Å². The molecule has 2 aromatic carbocycles. The Bertz CT molecular complexity index is 572. The van der Waals surface area contributed by atoms with Gasteiger partial charge in [0.25, 0.3) is 0 Å². The second kappa shape index (κ2) is 10.4. The fourth-order valence-electron chi connectivity index (χ4n) is 3.28. The summed E-state index contributed by atoms with van der Waals surface area (Å²) < 4.78 is 11.6. The number of ether oxygens (including phenoxy) is 2. The Labute approximate surface area is 156 Å². The van der Waals surface area contributed by atoms with Gasteiger partial charge in [-0.3, -0.25) is 4.90 Å². The maximum absolute atomic E-state index is 10.0. The highest BCUT2D eigenvalue weighted by Crippen LogP contribution is 2.17. The van der Waals surface area contributed by atoms with Gasteiger partial charge in [0.2, 0.25) is 0 Å². The predicted molar refractivity (Wildman–Crippen MR) is 103 cm³/mol. The molecule has 4 nitrogen and oxygen atoms in total. The van der Waals surface area contributed by atoms with Crippen molar-refractivity contribution in [1.29, 1.82) is 0 Å². The number of aliphatic hydroxyl groups excluding tert-OH is 1. The number of nitrogens with zero attached hydrogens (tertiary/aromatic N) is 1. The zero-order chi connectivity index (χ0) is 18.0. The average Bonchev–Trinajstić information content (AvgIpc) is 2.71. The van der Waals surface area contributed by atoms with Gasteiger partial charge in [-0.2, -0.15) is 0 Å². The molecule has 1 fully saturated rings. The van der Waals surface area contributed by atoms with E-state index >= 15 is 0 Å². The van der Waals surface area contributed by atoms with Crippen LogP contribution in [0.1, 0.15) is 30.4 Å². The summed E-state index contributed by atoms with van der Waals surface area (Å²) in [4.78, 5) is 2.29. The molecule has 1 N–H and O–H groups in total. The third-order valence-corrected chi connectivity index (χ3v) is 4.80. The highest BCUT2D eigenvalue weighted by atomic mass is 16.7. The molecule has 0 bridgehead atoms. The summed E-state index contributed by atoms with van der Waals surface area (Å²) in [5, 5.41) is 10.0. The molecule has 1 unspecified atom stereocenters. The first-order valence-corrected chi connectivity index (χ1v) is 9.51. The summed E-state index contributed by atoms with van der Waals surface area (Å²) in [6.45, 7) is 2.85. The summed E-state index contributed by atoms with van der Waals surface area (Å²) >= 11 is 0. The van der Waals surface area contributed by atoms with Crippen molar-refractivity contribution >= 4 is 0 Å². The Morgan fingerprint density at radius 1 is 0.962 bits per heavy atom. The molecule has 0 saturated carbocycles. The molecule has 2 atom stereocenters. The van der Waals surface area contributed by atoms with Crippen LogP contribution in [0.15, 0.2) is 60.7 Å². The van der Waals surface area contributed by atoms with Crippen molar-refractivity contribution < 1.29 is 14.6 Å². The number of aliphatic hydroxyl groups is 1. The molecule has 1 aliphatic rings. The minimum atomic E-state index is -0.131. The molecule has 1 heterocycles. The van der Waals surface area contributed by atoms with E-state index in [0.717, 1.165) is 39.0 Å². The van der Waals surface area contributed by atoms with Crippen LogP contribution in [0.3, 0.4) is 0 Å². The van der Waals surface area contributed by atoms with E-state index in [1.54, 1.807) is 0 Å². The first kappa shape index (κ1) is 19.1. The molecule has 1 aliphatic heterocycles. The van der Waals surface area contributed by atoms with E-state index in [1.807, 2.05) is 12.1 Å². The topological polar surface area (TPSA) is 41.9 Å². The predicted octanol–water partition coefficient (Wildman–Crippen LogP) is 3.59. The molecule has 0 amide bonds. The van der Waals surface area contributed by atoms with Gasteiger partial charge in [-0.15, -0.1) is 0 Å². The zero-order valence-electron chi connectivity index (χ0n) is 15.3. The van der Waals surface area contributed by atoms with E-state index in [9.17, 15) is 5.11 Å². The van der Waals surface area contributed by atoms with Crippen LogP contribution in [0.5, 0.6) is 0 Å². The van der Waals surface area contributed by atoms with E-state index in [2.05, 4.69) is 53.4 Å². The molecular weight excluding hydrogens is 326 g/mol. The van der Waals surface area contributed by atoms with Crippen molar-refractivity contribution in [1.82, 2.24) is 4.90 Å². The Balaban J connectivity index is 1.66. The summed E-state index contributed by atoms with van der Waals surface area (Å²) in [5.74, 6) is 0. The van der Waals surface area contributed by atoms with Gasteiger partial charge in [-0.25, -0.2) is 0 Å². The second-order valence-electron chi connectivity index (χ2n) is 6.84. The minimum Gasteiger partial charge on any atom is -0.395 e. The standard InChI is InChI=1S/C22H29NO3/c24-17-21(18-26-22-13-7-8-14-25-22)23(15-19-9-3-1-4-10-19)16-20-11-5-2-6-12-20/h1-6,9-12,21-22,24H,7-8,13-18H2/t21-,22?/m0/s1. The zero-order valence-corrected chi connectivity index (χ0v) is 15.3. The monoisotopic (exact) mass is 355 g/mol. The third-order valence-electron chi connectivity index (χ3n) is 4.80. The lowest BCUT2D eigenvalue weighted by molar-refractivity contribution is -0.173. The van der Waals surface area contributed by atoms with E-state index in [-0.39, 0.29) is 18.9 Å². The molecule has 2 aromatic rings. The Morgan fingerprint density at radius 2 is 1.58 bits per heavy atom. The molecule has 0 aromatic heterocycles. The summed E-state index contributed by atoms with van der Waals surface area (Å²) in [6.07, 6.45) is 3.06. The number of rotatable bonds is 9. The van der Waals surface area contributed by atoms with Gasteiger partial charge in [-0.1, -0.05) is 60.7 Å². The quantitative estimate of drug-likeness (QED) is 0.746. The van der Waals surface area contributed by atoms with Crippen molar-refractivity contribution in [2.24, 2.45) is 0 Å². The molecule has 140 valence electrons. The van der Waals surface area contributed by atoms with E-state index in [1.165, 1.54) is 11.1 Å². The molecular formula is C22H29NO3. The van der Waals surface area contributed by atoms with Crippen LogP contribution in [-0.2, 0) is 22.6 Å². The van der Waals surface area contributed by atoms with E-state index in [0.29, 0.717) is 6.61 Å². The van der Waals surface area contributed by atoms with Crippen molar-refractivity contribution in [2.75, 3.05) is 19.8 Å². The molecule has 4 heteroatoms. The SMILES string of the molecule is OC[C@@H](COC1CCCCO1)N(Cc1ccccc1)Cc1ccccc1. The lowest BCUT2D eigenvalue weighted by Gasteiger charge is -2.32. The Morgan fingerprint density at radius 3 is 2.08 bits per heavy atom. The maximum atomic E-state index is 10.0. The lowest BCUT2D eigenvalue weighted by atomic mass is 10.1. The van der Waals surface area contributed by atoms with Gasteiger partial charge >= 0.3 is 0 Å². The highest BCUT2D eigenvalue weighted by Gasteiger charge is 2.22. The van der Waals surface area contributed by atoms with Gasteiger partial charge in [0, 0.05) is 19.7 Å². The van der Waals surface area contributed by atoms with Crippen LogP contribution in [0.2, 0.25) is 0 Å². The molecule has 0 aliphatic carbocycles. The van der Waals surface area contributed by atoms with Crippen molar-refractivity contribution in [3.8, 4) is 0 Å². The fourth-order valence-corrected chi connectivity index (χ4v) is 3.28. The number of hydrogen-bond donors (Lipinski definition) is 1. The molecule has 0 spiro atoms. The van der Waals surface area contributed by atoms with Crippen LogP contribution in [-0.4, -0.2) is 42.2 Å². The lowest BCUT2D eigenvalue weighted by Crippen LogP contribution is -2.42. The van der Waals surface area contributed by atoms with Gasteiger partial charge in [0.15, 0.2) is 6.29 Å². The van der Waals surface area contributed by atoms with Gasteiger partial charge in [0.05, 0.1) is 19.3 Å². The Kier molecular flexibility index (Phi) is 7.65. The average molecular weight is 355 g/mol. The third kappa shape index (κ3) is 5.92. The maximum Gasteiger partial charge on any atom is 0.157 e. The first-order chi connectivity index (χ1) is 12.8. The fraction of sp³-hybridized carbons (Fsp3) is 0.455. The van der Waals surface area contributed by atoms with Crippen molar-refractivity contribution in [3.63, 3.8) is 0 Å². The van der Waals surface area contributed by atoms with Gasteiger partial charge in [0.1, 0.15) is 0 Å². The number of benzene rings is 2. The largest absolute Gasteiger partial charge is 0.395 e. The van der Waals surface area contributed by atoms with Crippen LogP contribution in [0.25, 0.3) is 0 Å². The van der Waals surface area contributed by atoms with Crippen LogP contribution in [0, 0.1) is 0 Å². The Hall–Kier alpha value is -1.72.